The standard InChI is InChI=1S/C23H27N3O3/c1-17-15-20(17)21-9-7-19(29-21)8-10-22(27)24-16-23(28)26-13-11-25(12-14-26)18-5-3-2-4-6-18/h2-10,17,20H,11-16H2,1H3,(H,24,27)/b10-8+. The maximum absolute atomic E-state index is 12.4. The minimum absolute atomic E-state index is 0.0114. The van der Waals surface area contributed by atoms with Gasteiger partial charge < -0.3 is 19.5 Å². The molecule has 2 atom stereocenters. The zero-order valence-corrected chi connectivity index (χ0v) is 16.7. The van der Waals surface area contributed by atoms with Gasteiger partial charge in [-0.1, -0.05) is 25.1 Å². The van der Waals surface area contributed by atoms with Gasteiger partial charge in [-0.2, -0.15) is 0 Å². The van der Waals surface area contributed by atoms with Crippen LogP contribution in [-0.4, -0.2) is 49.4 Å². The Morgan fingerprint density at radius 1 is 1.10 bits per heavy atom. The normalized spacial score (nSPS) is 21.4. The molecule has 2 unspecified atom stereocenters. The number of amides is 2. The molecule has 1 aromatic carbocycles. The average Bonchev–Trinajstić information content (AvgIpc) is 3.30. The van der Waals surface area contributed by atoms with Gasteiger partial charge in [-0.3, -0.25) is 9.59 Å². The highest BCUT2D eigenvalue weighted by atomic mass is 16.3. The second kappa shape index (κ2) is 8.55. The van der Waals surface area contributed by atoms with Gasteiger partial charge in [-0.15, -0.1) is 0 Å². The molecule has 1 aliphatic heterocycles. The molecule has 152 valence electrons. The lowest BCUT2D eigenvalue weighted by Gasteiger charge is -2.36. The number of hydrogen-bond donors (Lipinski definition) is 1. The summed E-state index contributed by atoms with van der Waals surface area (Å²) in [6.07, 6.45) is 4.23. The van der Waals surface area contributed by atoms with Crippen molar-refractivity contribution in [2.75, 3.05) is 37.6 Å². The van der Waals surface area contributed by atoms with Crippen LogP contribution in [0.3, 0.4) is 0 Å². The topological polar surface area (TPSA) is 65.8 Å². The summed E-state index contributed by atoms with van der Waals surface area (Å²) in [4.78, 5) is 28.5. The molecule has 0 bridgehead atoms. The number of anilines is 1. The molecule has 2 aliphatic rings. The first-order valence-electron chi connectivity index (χ1n) is 10.2. The first kappa shape index (κ1) is 19.3. The zero-order valence-electron chi connectivity index (χ0n) is 16.7. The van der Waals surface area contributed by atoms with E-state index in [1.54, 1.807) is 11.0 Å². The van der Waals surface area contributed by atoms with Crippen LogP contribution in [0.2, 0.25) is 0 Å². The van der Waals surface area contributed by atoms with Crippen molar-refractivity contribution in [3.05, 3.63) is 60.1 Å². The van der Waals surface area contributed by atoms with Crippen molar-refractivity contribution in [3.63, 3.8) is 0 Å². The minimum atomic E-state index is -0.293. The second-order valence-electron chi connectivity index (χ2n) is 7.81. The summed E-state index contributed by atoms with van der Waals surface area (Å²) in [5.41, 5.74) is 1.18. The molecular formula is C23H27N3O3. The number of hydrogen-bond acceptors (Lipinski definition) is 4. The van der Waals surface area contributed by atoms with Crippen molar-refractivity contribution in [1.82, 2.24) is 10.2 Å². The van der Waals surface area contributed by atoms with Crippen molar-refractivity contribution in [2.24, 2.45) is 5.92 Å². The number of nitrogens with one attached hydrogen (secondary N) is 1. The summed E-state index contributed by atoms with van der Waals surface area (Å²) < 4.78 is 5.75. The summed E-state index contributed by atoms with van der Waals surface area (Å²) in [6, 6.07) is 14.1. The fraction of sp³-hybridized carbons (Fsp3) is 0.391. The molecule has 4 rings (SSSR count). The molecule has 6 nitrogen and oxygen atoms in total. The molecule has 2 fully saturated rings. The van der Waals surface area contributed by atoms with E-state index >= 15 is 0 Å². The molecule has 2 amide bonds. The van der Waals surface area contributed by atoms with Crippen molar-refractivity contribution in [1.29, 1.82) is 0 Å². The lowest BCUT2D eigenvalue weighted by Crippen LogP contribution is -2.51. The van der Waals surface area contributed by atoms with Crippen LogP contribution in [-0.2, 0) is 9.59 Å². The largest absolute Gasteiger partial charge is 0.461 e. The van der Waals surface area contributed by atoms with Crippen LogP contribution in [0, 0.1) is 5.92 Å². The van der Waals surface area contributed by atoms with Crippen molar-refractivity contribution in [3.8, 4) is 0 Å². The molecule has 2 heterocycles. The summed E-state index contributed by atoms with van der Waals surface area (Å²) in [6.45, 7) is 5.13. The molecule has 1 saturated heterocycles. The van der Waals surface area contributed by atoms with E-state index in [0.717, 1.165) is 18.8 Å². The van der Waals surface area contributed by atoms with E-state index in [-0.39, 0.29) is 18.4 Å². The van der Waals surface area contributed by atoms with Crippen LogP contribution in [0.15, 0.2) is 53.0 Å². The summed E-state index contributed by atoms with van der Waals surface area (Å²) in [5.74, 6) is 2.51. The fourth-order valence-corrected chi connectivity index (χ4v) is 3.72. The Labute approximate surface area is 171 Å². The molecule has 1 N–H and O–H groups in total. The Bertz CT molecular complexity index is 882. The number of carbonyl (C=O) groups excluding carboxylic acids is 2. The van der Waals surface area contributed by atoms with Crippen molar-refractivity contribution < 1.29 is 14.0 Å². The van der Waals surface area contributed by atoms with E-state index in [2.05, 4.69) is 29.3 Å². The van der Waals surface area contributed by atoms with Crippen LogP contribution in [0.1, 0.15) is 30.8 Å². The number of rotatable bonds is 6. The van der Waals surface area contributed by atoms with Crippen LogP contribution in [0.25, 0.3) is 6.08 Å². The molecule has 29 heavy (non-hydrogen) atoms. The second-order valence-corrected chi connectivity index (χ2v) is 7.81. The number of para-hydroxylation sites is 1. The third kappa shape index (κ3) is 4.88. The predicted octanol–water partition coefficient (Wildman–Crippen LogP) is 2.88. The first-order valence-corrected chi connectivity index (χ1v) is 10.2. The van der Waals surface area contributed by atoms with Crippen LogP contribution in [0.4, 0.5) is 5.69 Å². The van der Waals surface area contributed by atoms with E-state index in [4.69, 9.17) is 4.42 Å². The van der Waals surface area contributed by atoms with Gasteiger partial charge in [0.25, 0.3) is 0 Å². The van der Waals surface area contributed by atoms with Gasteiger partial charge in [0.2, 0.25) is 11.8 Å². The number of furan rings is 1. The van der Waals surface area contributed by atoms with Gasteiger partial charge in [0, 0.05) is 43.9 Å². The Morgan fingerprint density at radius 3 is 2.52 bits per heavy atom. The van der Waals surface area contributed by atoms with E-state index in [1.165, 1.54) is 18.2 Å². The molecule has 2 aromatic rings. The highest BCUT2D eigenvalue weighted by molar-refractivity contribution is 5.94. The predicted molar refractivity (Wildman–Crippen MR) is 113 cm³/mol. The van der Waals surface area contributed by atoms with Crippen LogP contribution in [0.5, 0.6) is 0 Å². The number of benzene rings is 1. The van der Waals surface area contributed by atoms with Gasteiger partial charge in [-0.05, 0) is 42.7 Å². The molecule has 0 radical (unpaired) electrons. The lowest BCUT2D eigenvalue weighted by molar-refractivity contribution is -0.132. The maximum Gasteiger partial charge on any atom is 0.244 e. The Kier molecular flexibility index (Phi) is 5.69. The maximum atomic E-state index is 12.4. The summed E-state index contributed by atoms with van der Waals surface area (Å²) in [5, 5.41) is 2.67. The smallest absolute Gasteiger partial charge is 0.244 e. The van der Waals surface area contributed by atoms with Gasteiger partial charge in [0.15, 0.2) is 0 Å². The third-order valence-electron chi connectivity index (χ3n) is 5.69. The number of piperazine rings is 1. The van der Waals surface area contributed by atoms with E-state index in [9.17, 15) is 9.59 Å². The molecule has 0 spiro atoms. The summed E-state index contributed by atoms with van der Waals surface area (Å²) >= 11 is 0. The molecule has 6 heteroatoms. The summed E-state index contributed by atoms with van der Waals surface area (Å²) in [7, 11) is 0. The Hall–Kier alpha value is -3.02. The number of nitrogens with zero attached hydrogens (tertiary/aromatic N) is 2. The molecule has 1 aliphatic carbocycles. The van der Waals surface area contributed by atoms with Gasteiger partial charge in [0.1, 0.15) is 11.5 Å². The highest BCUT2D eigenvalue weighted by Gasteiger charge is 2.36. The fourth-order valence-electron chi connectivity index (χ4n) is 3.72. The van der Waals surface area contributed by atoms with Gasteiger partial charge >= 0.3 is 0 Å². The van der Waals surface area contributed by atoms with Crippen molar-refractivity contribution >= 4 is 23.6 Å². The monoisotopic (exact) mass is 393 g/mol. The Balaban J connectivity index is 1.19. The molecule has 1 aromatic heterocycles. The third-order valence-corrected chi connectivity index (χ3v) is 5.69. The highest BCUT2D eigenvalue weighted by Crippen LogP contribution is 2.47. The Morgan fingerprint density at radius 2 is 1.83 bits per heavy atom. The van der Waals surface area contributed by atoms with E-state index < -0.39 is 0 Å². The van der Waals surface area contributed by atoms with Crippen LogP contribution >= 0.6 is 0 Å². The van der Waals surface area contributed by atoms with Crippen LogP contribution < -0.4 is 10.2 Å². The SMILES string of the molecule is CC1CC1c1ccc(/C=C/C(=O)NCC(=O)N2CCN(c3ccccc3)CC2)o1. The van der Waals surface area contributed by atoms with E-state index in [0.29, 0.717) is 30.7 Å². The average molecular weight is 393 g/mol. The van der Waals surface area contributed by atoms with E-state index in [1.807, 2.05) is 30.3 Å². The zero-order chi connectivity index (χ0) is 20.2. The number of carbonyl (C=O) groups is 2. The minimum Gasteiger partial charge on any atom is -0.461 e. The molecule has 1 saturated carbocycles. The quantitative estimate of drug-likeness (QED) is 0.767. The van der Waals surface area contributed by atoms with Crippen molar-refractivity contribution in [2.45, 2.75) is 19.3 Å². The first-order chi connectivity index (χ1) is 14.1. The van der Waals surface area contributed by atoms with Gasteiger partial charge in [0.05, 0.1) is 6.54 Å². The van der Waals surface area contributed by atoms with Gasteiger partial charge in [-0.25, -0.2) is 0 Å². The lowest BCUT2D eigenvalue weighted by atomic mass is 10.2. The molecular weight excluding hydrogens is 366 g/mol.